The molecule has 18 heavy (non-hydrogen) atoms. The van der Waals surface area contributed by atoms with Gasteiger partial charge in [-0.05, 0) is 12.2 Å². The van der Waals surface area contributed by atoms with Crippen LogP contribution >= 0.6 is 23.6 Å². The minimum atomic E-state index is 0.597. The van der Waals surface area contributed by atoms with E-state index in [0.29, 0.717) is 17.9 Å². The Bertz CT molecular complexity index is 571. The third-order valence-corrected chi connectivity index (χ3v) is 3.85. The molecule has 0 aliphatic heterocycles. The van der Waals surface area contributed by atoms with Gasteiger partial charge in [0.2, 0.25) is 0 Å². The first-order valence-electron chi connectivity index (χ1n) is 5.41. The Hall–Kier alpha value is -1.25. The molecule has 2 rings (SSSR count). The van der Waals surface area contributed by atoms with Crippen molar-refractivity contribution in [2.45, 2.75) is 6.54 Å². The average molecular weight is 285 g/mol. The fourth-order valence-corrected chi connectivity index (χ4v) is 2.53. The van der Waals surface area contributed by atoms with Gasteiger partial charge in [0.05, 0.1) is 24.2 Å². The van der Waals surface area contributed by atoms with Gasteiger partial charge in [0, 0.05) is 21.2 Å². The van der Waals surface area contributed by atoms with E-state index in [9.17, 15) is 0 Å². The summed E-state index contributed by atoms with van der Waals surface area (Å²) in [4.78, 5) is 7.29. The van der Waals surface area contributed by atoms with E-state index in [1.807, 2.05) is 29.8 Å². The SMILES string of the molecule is COCCn1c(-c2cnc(N(C)C)s2)n[nH]c1=S. The van der Waals surface area contributed by atoms with Crippen LogP contribution < -0.4 is 4.90 Å². The van der Waals surface area contributed by atoms with Crippen molar-refractivity contribution in [2.24, 2.45) is 0 Å². The number of hydrogen-bond acceptors (Lipinski definition) is 6. The smallest absolute Gasteiger partial charge is 0.195 e. The van der Waals surface area contributed by atoms with Gasteiger partial charge in [-0.3, -0.25) is 9.67 Å². The summed E-state index contributed by atoms with van der Waals surface area (Å²) in [5.74, 6) is 0.808. The zero-order valence-corrected chi connectivity index (χ0v) is 12.1. The number of aromatic amines is 1. The molecule has 0 fully saturated rings. The highest BCUT2D eigenvalue weighted by molar-refractivity contribution is 7.71. The maximum absolute atomic E-state index is 5.21. The van der Waals surface area contributed by atoms with Gasteiger partial charge < -0.3 is 9.64 Å². The molecular formula is C10H15N5OS2. The lowest BCUT2D eigenvalue weighted by Crippen LogP contribution is -2.07. The van der Waals surface area contributed by atoms with Crippen LogP contribution in [0, 0.1) is 4.77 Å². The fraction of sp³-hybridized carbons (Fsp3) is 0.500. The van der Waals surface area contributed by atoms with Crippen molar-refractivity contribution in [3.63, 3.8) is 0 Å². The minimum Gasteiger partial charge on any atom is -0.383 e. The van der Waals surface area contributed by atoms with Gasteiger partial charge in [-0.15, -0.1) is 0 Å². The highest BCUT2D eigenvalue weighted by Gasteiger charge is 2.12. The van der Waals surface area contributed by atoms with E-state index in [1.54, 1.807) is 18.4 Å². The molecular weight excluding hydrogens is 270 g/mol. The van der Waals surface area contributed by atoms with E-state index in [-0.39, 0.29) is 0 Å². The van der Waals surface area contributed by atoms with Crippen LogP contribution in [0.1, 0.15) is 0 Å². The van der Waals surface area contributed by atoms with Crippen molar-refractivity contribution in [1.29, 1.82) is 0 Å². The second-order valence-electron chi connectivity index (χ2n) is 3.90. The molecule has 0 atom stereocenters. The topological polar surface area (TPSA) is 59.0 Å². The first-order valence-corrected chi connectivity index (χ1v) is 6.63. The van der Waals surface area contributed by atoms with Crippen molar-refractivity contribution in [2.75, 3.05) is 32.7 Å². The van der Waals surface area contributed by atoms with Crippen LogP contribution in [0.15, 0.2) is 6.20 Å². The molecule has 0 saturated carbocycles. The van der Waals surface area contributed by atoms with E-state index in [0.717, 1.165) is 15.8 Å². The summed E-state index contributed by atoms with van der Waals surface area (Å²) in [5, 5.41) is 8.00. The third kappa shape index (κ3) is 2.60. The summed E-state index contributed by atoms with van der Waals surface area (Å²) in [5.41, 5.74) is 0. The van der Waals surface area contributed by atoms with Crippen LogP contribution in [-0.4, -0.2) is 47.6 Å². The largest absolute Gasteiger partial charge is 0.383 e. The molecule has 6 nitrogen and oxygen atoms in total. The molecule has 0 aromatic carbocycles. The molecule has 2 aromatic heterocycles. The van der Waals surface area contributed by atoms with Crippen LogP contribution in [0.25, 0.3) is 10.7 Å². The number of ether oxygens (including phenoxy) is 1. The first kappa shape index (κ1) is 13.2. The summed E-state index contributed by atoms with van der Waals surface area (Å²) in [6.07, 6.45) is 1.81. The molecule has 0 amide bonds. The summed E-state index contributed by atoms with van der Waals surface area (Å²) in [6, 6.07) is 0. The van der Waals surface area contributed by atoms with E-state index in [4.69, 9.17) is 17.0 Å². The van der Waals surface area contributed by atoms with Crippen molar-refractivity contribution in [3.05, 3.63) is 11.0 Å². The van der Waals surface area contributed by atoms with Gasteiger partial charge in [0.25, 0.3) is 0 Å². The van der Waals surface area contributed by atoms with Crippen molar-refractivity contribution in [3.8, 4) is 10.7 Å². The Morgan fingerprint density at radius 3 is 2.94 bits per heavy atom. The molecule has 1 N–H and O–H groups in total. The quantitative estimate of drug-likeness (QED) is 0.849. The molecule has 0 aliphatic rings. The molecule has 0 unspecified atom stereocenters. The lowest BCUT2D eigenvalue weighted by Gasteiger charge is -2.05. The van der Waals surface area contributed by atoms with E-state index < -0.39 is 0 Å². The molecule has 0 spiro atoms. The maximum Gasteiger partial charge on any atom is 0.195 e. The Kier molecular flexibility index (Phi) is 4.10. The number of nitrogens with zero attached hydrogens (tertiary/aromatic N) is 4. The second kappa shape index (κ2) is 5.59. The van der Waals surface area contributed by atoms with Crippen LogP contribution in [0.4, 0.5) is 5.13 Å². The summed E-state index contributed by atoms with van der Waals surface area (Å²) >= 11 is 6.79. The van der Waals surface area contributed by atoms with Crippen molar-refractivity contribution >= 4 is 28.7 Å². The third-order valence-electron chi connectivity index (χ3n) is 2.37. The number of thiazole rings is 1. The molecule has 0 radical (unpaired) electrons. The summed E-state index contributed by atoms with van der Waals surface area (Å²) < 4.78 is 7.60. The molecule has 0 saturated heterocycles. The summed E-state index contributed by atoms with van der Waals surface area (Å²) in [6.45, 7) is 1.27. The number of H-pyrrole nitrogens is 1. The minimum absolute atomic E-state index is 0.597. The van der Waals surface area contributed by atoms with Gasteiger partial charge >= 0.3 is 0 Å². The Morgan fingerprint density at radius 2 is 2.33 bits per heavy atom. The zero-order chi connectivity index (χ0) is 13.1. The fourth-order valence-electron chi connectivity index (χ4n) is 1.47. The van der Waals surface area contributed by atoms with Crippen molar-refractivity contribution in [1.82, 2.24) is 19.7 Å². The Labute approximate surface area is 114 Å². The Morgan fingerprint density at radius 1 is 1.56 bits per heavy atom. The van der Waals surface area contributed by atoms with Gasteiger partial charge in [0.15, 0.2) is 15.7 Å². The number of hydrogen-bond donors (Lipinski definition) is 1. The molecule has 0 aliphatic carbocycles. The predicted octanol–water partition coefficient (Wildman–Crippen LogP) is 1.78. The molecule has 0 bridgehead atoms. The first-order chi connectivity index (χ1) is 8.63. The monoisotopic (exact) mass is 285 g/mol. The van der Waals surface area contributed by atoms with Gasteiger partial charge in [0.1, 0.15) is 0 Å². The number of aromatic nitrogens is 4. The standard InChI is InChI=1S/C10H15N5OS2/c1-14(2)10-11-6-7(18-10)8-12-13-9(17)15(8)4-5-16-3/h6H,4-5H2,1-3H3,(H,13,17). The lowest BCUT2D eigenvalue weighted by atomic mass is 10.5. The summed E-state index contributed by atoms with van der Waals surface area (Å²) in [7, 11) is 5.59. The lowest BCUT2D eigenvalue weighted by molar-refractivity contribution is 0.187. The molecule has 98 valence electrons. The van der Waals surface area contributed by atoms with E-state index in [2.05, 4.69) is 15.2 Å². The highest BCUT2D eigenvalue weighted by atomic mass is 32.1. The number of nitrogens with one attached hydrogen (secondary N) is 1. The van der Waals surface area contributed by atoms with Gasteiger partial charge in [-0.25, -0.2) is 4.98 Å². The van der Waals surface area contributed by atoms with Gasteiger partial charge in [-0.2, -0.15) is 5.10 Å². The van der Waals surface area contributed by atoms with Crippen molar-refractivity contribution < 1.29 is 4.74 Å². The number of rotatable bonds is 5. The van der Waals surface area contributed by atoms with Crippen LogP contribution in [0.3, 0.4) is 0 Å². The van der Waals surface area contributed by atoms with Crippen LogP contribution in [0.5, 0.6) is 0 Å². The number of methoxy groups -OCH3 is 1. The maximum atomic E-state index is 5.21. The van der Waals surface area contributed by atoms with E-state index >= 15 is 0 Å². The molecule has 2 aromatic rings. The molecule has 8 heteroatoms. The van der Waals surface area contributed by atoms with Crippen LogP contribution in [0.2, 0.25) is 0 Å². The van der Waals surface area contributed by atoms with Gasteiger partial charge in [-0.1, -0.05) is 11.3 Å². The van der Waals surface area contributed by atoms with E-state index in [1.165, 1.54) is 0 Å². The van der Waals surface area contributed by atoms with Crippen LogP contribution in [-0.2, 0) is 11.3 Å². The second-order valence-corrected chi connectivity index (χ2v) is 5.29. The Balaban J connectivity index is 2.34. The zero-order valence-electron chi connectivity index (χ0n) is 10.5. The predicted molar refractivity (Wildman–Crippen MR) is 74.7 cm³/mol. The number of anilines is 1. The average Bonchev–Trinajstić information content (AvgIpc) is 2.93. The molecule has 2 heterocycles. The highest BCUT2D eigenvalue weighted by Crippen LogP contribution is 2.28. The normalized spacial score (nSPS) is 10.8.